The molecule has 0 aliphatic carbocycles. The van der Waals surface area contributed by atoms with Crippen LogP contribution in [0.2, 0.25) is 0 Å². The van der Waals surface area contributed by atoms with Crippen LogP contribution < -0.4 is 5.56 Å². The molecule has 4 heteroatoms. The number of piperidine rings is 1. The number of likely N-dealkylation sites (tertiary alicyclic amines) is 1. The Hall–Kier alpha value is -1.16. The van der Waals surface area contributed by atoms with E-state index in [1.54, 1.807) is 16.8 Å². The first kappa shape index (κ1) is 10.4. The van der Waals surface area contributed by atoms with E-state index < -0.39 is 0 Å². The van der Waals surface area contributed by atoms with E-state index >= 15 is 0 Å². The molecule has 15 heavy (non-hydrogen) atoms. The second-order valence-corrected chi connectivity index (χ2v) is 4.29. The van der Waals surface area contributed by atoms with Gasteiger partial charge in [0.05, 0.1) is 11.7 Å². The van der Waals surface area contributed by atoms with Crippen molar-refractivity contribution >= 4 is 0 Å². The van der Waals surface area contributed by atoms with Crippen molar-refractivity contribution in [2.24, 2.45) is 0 Å². The predicted octanol–water partition coefficient (Wildman–Crippen LogP) is 0.818. The first-order valence-corrected chi connectivity index (χ1v) is 5.42. The molecule has 1 saturated heterocycles. The summed E-state index contributed by atoms with van der Waals surface area (Å²) in [5, 5.41) is 4.31. The molecular formula is C11H17N3O. The summed E-state index contributed by atoms with van der Waals surface area (Å²) in [4.78, 5) is 13.9. The zero-order valence-electron chi connectivity index (χ0n) is 9.31. The van der Waals surface area contributed by atoms with E-state index in [1.165, 1.54) is 0 Å². The summed E-state index contributed by atoms with van der Waals surface area (Å²) < 4.78 is 1.66. The maximum absolute atomic E-state index is 11.6. The largest absolute Gasteiger partial charge is 0.306 e. The minimum absolute atomic E-state index is 0.0233. The zero-order valence-corrected chi connectivity index (χ0v) is 9.31. The molecule has 0 unspecified atom stereocenters. The second-order valence-electron chi connectivity index (χ2n) is 4.29. The molecule has 0 bridgehead atoms. The lowest BCUT2D eigenvalue weighted by atomic mass is 10.1. The van der Waals surface area contributed by atoms with Crippen LogP contribution in [-0.4, -0.2) is 34.8 Å². The first-order valence-electron chi connectivity index (χ1n) is 5.42. The summed E-state index contributed by atoms with van der Waals surface area (Å²) >= 11 is 0. The normalized spacial score (nSPS) is 19.3. The fourth-order valence-electron chi connectivity index (χ4n) is 2.02. The van der Waals surface area contributed by atoms with Crippen LogP contribution in [0.4, 0.5) is 0 Å². The average molecular weight is 207 g/mol. The van der Waals surface area contributed by atoms with Crippen molar-refractivity contribution in [1.29, 1.82) is 0 Å². The van der Waals surface area contributed by atoms with Gasteiger partial charge in [0.1, 0.15) is 0 Å². The maximum atomic E-state index is 11.6. The van der Waals surface area contributed by atoms with Gasteiger partial charge in [-0.1, -0.05) is 0 Å². The van der Waals surface area contributed by atoms with Crippen LogP contribution in [0.1, 0.15) is 24.6 Å². The Morgan fingerprint density at radius 3 is 2.67 bits per heavy atom. The third-order valence-electron chi connectivity index (χ3n) is 2.99. The van der Waals surface area contributed by atoms with E-state index in [0.717, 1.165) is 31.6 Å². The van der Waals surface area contributed by atoms with Crippen molar-refractivity contribution in [3.8, 4) is 0 Å². The minimum atomic E-state index is 0.0233. The van der Waals surface area contributed by atoms with Gasteiger partial charge in [0.25, 0.3) is 5.56 Å². The Morgan fingerprint density at radius 2 is 2.00 bits per heavy atom. The highest BCUT2D eigenvalue weighted by molar-refractivity contribution is 4.98. The number of hydrogen-bond acceptors (Lipinski definition) is 3. The molecule has 0 spiro atoms. The molecule has 82 valence electrons. The van der Waals surface area contributed by atoms with Gasteiger partial charge in [0, 0.05) is 6.07 Å². The van der Waals surface area contributed by atoms with Crippen LogP contribution in [0.5, 0.6) is 0 Å². The van der Waals surface area contributed by atoms with Gasteiger partial charge < -0.3 is 4.90 Å². The van der Waals surface area contributed by atoms with Gasteiger partial charge in [0.2, 0.25) is 0 Å². The van der Waals surface area contributed by atoms with Crippen molar-refractivity contribution in [2.75, 3.05) is 20.1 Å². The van der Waals surface area contributed by atoms with Crippen molar-refractivity contribution in [1.82, 2.24) is 14.7 Å². The number of hydrogen-bond donors (Lipinski definition) is 0. The molecule has 1 aliphatic rings. The lowest BCUT2D eigenvalue weighted by Gasteiger charge is -2.29. The fraction of sp³-hybridized carbons (Fsp3) is 0.636. The van der Waals surface area contributed by atoms with Crippen LogP contribution in [-0.2, 0) is 0 Å². The van der Waals surface area contributed by atoms with Crippen molar-refractivity contribution in [3.63, 3.8) is 0 Å². The topological polar surface area (TPSA) is 38.1 Å². The smallest absolute Gasteiger partial charge is 0.267 e. The SMILES string of the molecule is Cc1ccc(=O)n(C2CCN(C)CC2)n1. The third kappa shape index (κ3) is 2.26. The summed E-state index contributed by atoms with van der Waals surface area (Å²) in [6.07, 6.45) is 2.04. The Bertz CT molecular complexity index is 391. The van der Waals surface area contributed by atoms with E-state index in [-0.39, 0.29) is 11.6 Å². The van der Waals surface area contributed by atoms with Crippen molar-refractivity contribution in [3.05, 3.63) is 28.2 Å². The van der Waals surface area contributed by atoms with Gasteiger partial charge in [-0.3, -0.25) is 4.79 Å². The van der Waals surface area contributed by atoms with Gasteiger partial charge >= 0.3 is 0 Å². The van der Waals surface area contributed by atoms with Crippen LogP contribution in [0.3, 0.4) is 0 Å². The number of rotatable bonds is 1. The molecule has 0 aromatic carbocycles. The maximum Gasteiger partial charge on any atom is 0.267 e. The van der Waals surface area contributed by atoms with Crippen LogP contribution in [0, 0.1) is 6.92 Å². The molecule has 1 fully saturated rings. The van der Waals surface area contributed by atoms with Gasteiger partial charge in [-0.05, 0) is 46.0 Å². The van der Waals surface area contributed by atoms with E-state index in [0.29, 0.717) is 0 Å². The monoisotopic (exact) mass is 207 g/mol. The quantitative estimate of drug-likeness (QED) is 0.684. The summed E-state index contributed by atoms with van der Waals surface area (Å²) in [7, 11) is 2.11. The molecule has 1 aliphatic heterocycles. The summed E-state index contributed by atoms with van der Waals surface area (Å²) in [6, 6.07) is 3.67. The molecule has 0 N–H and O–H groups in total. The standard InChI is InChI=1S/C11H17N3O/c1-9-3-4-11(15)14(12-9)10-5-7-13(2)8-6-10/h3-4,10H,5-8H2,1-2H3. The number of aromatic nitrogens is 2. The predicted molar refractivity (Wildman–Crippen MR) is 59.0 cm³/mol. The highest BCUT2D eigenvalue weighted by atomic mass is 16.1. The summed E-state index contributed by atoms with van der Waals surface area (Å²) in [5.41, 5.74) is 0.934. The lowest BCUT2D eigenvalue weighted by Crippen LogP contribution is -2.36. The van der Waals surface area contributed by atoms with E-state index in [4.69, 9.17) is 0 Å². The minimum Gasteiger partial charge on any atom is -0.306 e. The van der Waals surface area contributed by atoms with Crippen LogP contribution in [0.15, 0.2) is 16.9 Å². The molecule has 0 saturated carbocycles. The summed E-state index contributed by atoms with van der Waals surface area (Å²) in [6.45, 7) is 4.02. The summed E-state index contributed by atoms with van der Waals surface area (Å²) in [5.74, 6) is 0. The molecule has 0 amide bonds. The van der Waals surface area contributed by atoms with E-state index in [2.05, 4.69) is 17.0 Å². The number of nitrogens with zero attached hydrogens (tertiary/aromatic N) is 3. The Kier molecular flexibility index (Phi) is 2.86. The van der Waals surface area contributed by atoms with Crippen LogP contribution in [0.25, 0.3) is 0 Å². The fourth-order valence-corrected chi connectivity index (χ4v) is 2.02. The van der Waals surface area contributed by atoms with Gasteiger partial charge in [-0.25, -0.2) is 4.68 Å². The molecule has 0 atom stereocenters. The molecule has 4 nitrogen and oxygen atoms in total. The van der Waals surface area contributed by atoms with Crippen molar-refractivity contribution in [2.45, 2.75) is 25.8 Å². The molecule has 1 aromatic rings. The molecule has 2 heterocycles. The Balaban J connectivity index is 2.22. The molecule has 1 aromatic heterocycles. The Morgan fingerprint density at radius 1 is 1.33 bits per heavy atom. The lowest BCUT2D eigenvalue weighted by molar-refractivity contribution is 0.208. The van der Waals surface area contributed by atoms with Gasteiger partial charge in [0.15, 0.2) is 0 Å². The van der Waals surface area contributed by atoms with Crippen LogP contribution >= 0.6 is 0 Å². The van der Waals surface area contributed by atoms with Crippen molar-refractivity contribution < 1.29 is 0 Å². The third-order valence-corrected chi connectivity index (χ3v) is 2.99. The van der Waals surface area contributed by atoms with E-state index in [9.17, 15) is 4.79 Å². The molecular weight excluding hydrogens is 190 g/mol. The Labute approximate surface area is 89.5 Å². The average Bonchev–Trinajstić information content (AvgIpc) is 2.23. The molecule has 0 radical (unpaired) electrons. The molecule has 2 rings (SSSR count). The number of aryl methyl sites for hydroxylation is 1. The highest BCUT2D eigenvalue weighted by Gasteiger charge is 2.19. The first-order chi connectivity index (χ1) is 7.16. The second kappa shape index (κ2) is 4.14. The van der Waals surface area contributed by atoms with E-state index in [1.807, 2.05) is 6.92 Å². The van der Waals surface area contributed by atoms with Gasteiger partial charge in [-0.15, -0.1) is 0 Å². The highest BCUT2D eigenvalue weighted by Crippen LogP contribution is 2.18. The zero-order chi connectivity index (χ0) is 10.8. The van der Waals surface area contributed by atoms with Gasteiger partial charge in [-0.2, -0.15) is 5.10 Å².